The Morgan fingerprint density at radius 3 is 2.17 bits per heavy atom. The Kier molecular flexibility index (Phi) is 8.94. The molecule has 8 heteroatoms. The van der Waals surface area contributed by atoms with Crippen LogP contribution in [0.25, 0.3) is 0 Å². The van der Waals surface area contributed by atoms with Crippen LogP contribution in [0.3, 0.4) is 0 Å². The van der Waals surface area contributed by atoms with Gasteiger partial charge in [0.1, 0.15) is 6.61 Å². The first-order valence-corrected chi connectivity index (χ1v) is 11.3. The van der Waals surface area contributed by atoms with Crippen LogP contribution in [0.1, 0.15) is 45.7 Å². The molecule has 3 rings (SSSR count). The molecule has 1 amide bonds. The molecule has 0 spiro atoms. The highest BCUT2D eigenvalue weighted by atomic mass is 16.6. The van der Waals surface area contributed by atoms with Crippen molar-refractivity contribution in [3.63, 3.8) is 0 Å². The van der Waals surface area contributed by atoms with Crippen molar-refractivity contribution in [1.29, 1.82) is 0 Å². The highest BCUT2D eigenvalue weighted by molar-refractivity contribution is 5.98. The molecule has 1 N–H and O–H groups in total. The average molecular weight is 490 g/mol. The fraction of sp³-hybridized carbons (Fsp3) is 0.214. The molecule has 36 heavy (non-hydrogen) atoms. The van der Waals surface area contributed by atoms with Crippen molar-refractivity contribution in [3.8, 4) is 11.5 Å². The molecular weight excluding hydrogens is 462 g/mol. The number of esters is 2. The molecule has 3 aromatic carbocycles. The summed E-state index contributed by atoms with van der Waals surface area (Å²) in [4.78, 5) is 49.0. The summed E-state index contributed by atoms with van der Waals surface area (Å²) in [6.45, 7) is 4.88. The van der Waals surface area contributed by atoms with Gasteiger partial charge < -0.3 is 19.5 Å². The Morgan fingerprint density at radius 2 is 1.50 bits per heavy atom. The van der Waals surface area contributed by atoms with Gasteiger partial charge in [-0.25, -0.2) is 9.59 Å². The van der Waals surface area contributed by atoms with Crippen molar-refractivity contribution in [2.45, 2.75) is 27.4 Å². The van der Waals surface area contributed by atoms with Crippen LogP contribution < -0.4 is 14.8 Å². The smallest absolute Gasteiger partial charge is 0.407 e. The van der Waals surface area contributed by atoms with E-state index < -0.39 is 23.9 Å². The maximum Gasteiger partial charge on any atom is 0.407 e. The topological polar surface area (TPSA) is 108 Å². The van der Waals surface area contributed by atoms with Gasteiger partial charge in [0.05, 0.1) is 18.0 Å². The predicted molar refractivity (Wildman–Crippen MR) is 132 cm³/mol. The molecule has 0 saturated carbocycles. The molecule has 0 fully saturated rings. The third-order valence-corrected chi connectivity index (χ3v) is 5.04. The van der Waals surface area contributed by atoms with E-state index >= 15 is 0 Å². The molecule has 0 saturated heterocycles. The standard InChI is InChI=1S/C28H27NO7/c1-18(2)26(31)35-24-14-11-20(15-25(24)36-27(32)22-12-9-19(3)10-13-22)17-34-28(33)29-16-23(30)21-7-5-4-6-8-21/h4-15,18H,16-17H2,1-3H3,(H,29,33). The summed E-state index contributed by atoms with van der Waals surface area (Å²) in [5.41, 5.74) is 2.27. The van der Waals surface area contributed by atoms with Gasteiger partial charge in [-0.3, -0.25) is 9.59 Å². The van der Waals surface area contributed by atoms with E-state index in [9.17, 15) is 19.2 Å². The van der Waals surface area contributed by atoms with E-state index in [0.29, 0.717) is 16.7 Å². The first kappa shape index (κ1) is 26.2. The Morgan fingerprint density at radius 1 is 0.806 bits per heavy atom. The van der Waals surface area contributed by atoms with Gasteiger partial charge in [0.15, 0.2) is 17.3 Å². The van der Waals surface area contributed by atoms with Crippen molar-refractivity contribution in [3.05, 3.63) is 95.1 Å². The van der Waals surface area contributed by atoms with Crippen LogP contribution in [-0.4, -0.2) is 30.4 Å². The number of rotatable bonds is 9. The zero-order valence-electron chi connectivity index (χ0n) is 20.3. The third kappa shape index (κ3) is 7.53. The van der Waals surface area contributed by atoms with Crippen LogP contribution in [0.2, 0.25) is 0 Å². The second-order valence-corrected chi connectivity index (χ2v) is 8.33. The summed E-state index contributed by atoms with van der Waals surface area (Å²) in [6.07, 6.45) is -0.784. The molecule has 0 aliphatic carbocycles. The molecule has 0 aliphatic heterocycles. The van der Waals surface area contributed by atoms with Crippen molar-refractivity contribution >= 4 is 23.8 Å². The number of carbonyl (C=O) groups is 4. The second kappa shape index (κ2) is 12.3. The van der Waals surface area contributed by atoms with Crippen molar-refractivity contribution in [2.75, 3.05) is 6.54 Å². The molecule has 8 nitrogen and oxygen atoms in total. The van der Waals surface area contributed by atoms with E-state index in [0.717, 1.165) is 5.56 Å². The van der Waals surface area contributed by atoms with E-state index in [2.05, 4.69) is 5.32 Å². The van der Waals surface area contributed by atoms with Gasteiger partial charge in [0.2, 0.25) is 0 Å². The lowest BCUT2D eigenvalue weighted by Crippen LogP contribution is -2.30. The number of benzene rings is 3. The summed E-state index contributed by atoms with van der Waals surface area (Å²) in [6, 6.07) is 19.9. The number of hydrogen-bond acceptors (Lipinski definition) is 7. The summed E-state index contributed by atoms with van der Waals surface area (Å²) in [5.74, 6) is -1.70. The van der Waals surface area contributed by atoms with E-state index in [-0.39, 0.29) is 30.4 Å². The van der Waals surface area contributed by atoms with Crippen molar-refractivity contribution in [1.82, 2.24) is 5.32 Å². The number of amides is 1. The molecular formula is C28H27NO7. The van der Waals surface area contributed by atoms with Crippen LogP contribution in [0.4, 0.5) is 4.79 Å². The van der Waals surface area contributed by atoms with Crippen LogP contribution in [-0.2, 0) is 16.1 Å². The minimum atomic E-state index is -0.784. The normalized spacial score (nSPS) is 10.4. The minimum Gasteiger partial charge on any atom is -0.445 e. The molecule has 0 aromatic heterocycles. The first-order chi connectivity index (χ1) is 17.2. The highest BCUT2D eigenvalue weighted by Crippen LogP contribution is 2.30. The van der Waals surface area contributed by atoms with E-state index in [1.165, 1.54) is 12.1 Å². The largest absolute Gasteiger partial charge is 0.445 e. The Balaban J connectivity index is 1.67. The quantitative estimate of drug-likeness (QED) is 0.259. The van der Waals surface area contributed by atoms with Crippen molar-refractivity contribution < 1.29 is 33.4 Å². The number of aryl methyl sites for hydroxylation is 1. The summed E-state index contributed by atoms with van der Waals surface area (Å²) >= 11 is 0. The molecule has 186 valence electrons. The van der Waals surface area contributed by atoms with Gasteiger partial charge in [-0.15, -0.1) is 0 Å². The fourth-order valence-corrected chi connectivity index (χ4v) is 2.96. The Bertz CT molecular complexity index is 1230. The van der Waals surface area contributed by atoms with Crippen LogP contribution in [0.15, 0.2) is 72.8 Å². The number of alkyl carbamates (subject to hydrolysis) is 1. The number of ether oxygens (including phenoxy) is 3. The molecule has 0 aliphatic rings. The number of Topliss-reactive ketones (excluding diaryl/α,β-unsaturated/α-hetero) is 1. The number of carbonyl (C=O) groups excluding carboxylic acids is 4. The van der Waals surface area contributed by atoms with Crippen LogP contribution >= 0.6 is 0 Å². The lowest BCUT2D eigenvalue weighted by Gasteiger charge is -2.14. The summed E-state index contributed by atoms with van der Waals surface area (Å²) < 4.78 is 16.1. The summed E-state index contributed by atoms with van der Waals surface area (Å²) in [5, 5.41) is 2.41. The van der Waals surface area contributed by atoms with E-state index in [1.54, 1.807) is 74.5 Å². The van der Waals surface area contributed by atoms with Gasteiger partial charge in [-0.05, 0) is 36.8 Å². The van der Waals surface area contributed by atoms with Gasteiger partial charge in [0, 0.05) is 5.56 Å². The molecule has 3 aromatic rings. The number of nitrogens with one attached hydrogen (secondary N) is 1. The Labute approximate surface area is 209 Å². The van der Waals surface area contributed by atoms with Crippen molar-refractivity contribution in [2.24, 2.45) is 5.92 Å². The molecule has 0 unspecified atom stereocenters. The monoisotopic (exact) mass is 489 g/mol. The lowest BCUT2D eigenvalue weighted by atomic mass is 10.1. The van der Waals surface area contributed by atoms with Gasteiger partial charge in [-0.2, -0.15) is 0 Å². The molecule has 0 heterocycles. The second-order valence-electron chi connectivity index (χ2n) is 8.33. The average Bonchev–Trinajstić information content (AvgIpc) is 2.88. The maximum absolute atomic E-state index is 12.7. The zero-order valence-corrected chi connectivity index (χ0v) is 20.3. The van der Waals surface area contributed by atoms with Gasteiger partial charge >= 0.3 is 18.0 Å². The predicted octanol–water partition coefficient (Wildman–Crippen LogP) is 4.88. The molecule has 0 bridgehead atoms. The van der Waals surface area contributed by atoms with E-state index in [1.807, 2.05) is 6.92 Å². The maximum atomic E-state index is 12.7. The number of ketones is 1. The Hall–Kier alpha value is -4.46. The minimum absolute atomic E-state index is 0.00957. The van der Waals surface area contributed by atoms with Crippen LogP contribution in [0.5, 0.6) is 11.5 Å². The van der Waals surface area contributed by atoms with Gasteiger partial charge in [-0.1, -0.05) is 67.9 Å². The van der Waals surface area contributed by atoms with Crippen LogP contribution in [0, 0.1) is 12.8 Å². The SMILES string of the molecule is Cc1ccc(C(=O)Oc2cc(COC(=O)NCC(=O)c3ccccc3)ccc2OC(=O)C(C)C)cc1. The van der Waals surface area contributed by atoms with Gasteiger partial charge in [0.25, 0.3) is 0 Å². The third-order valence-electron chi connectivity index (χ3n) is 5.04. The fourth-order valence-electron chi connectivity index (χ4n) is 2.96. The zero-order chi connectivity index (χ0) is 26.1. The lowest BCUT2D eigenvalue weighted by molar-refractivity contribution is -0.137. The molecule has 0 atom stereocenters. The summed E-state index contributed by atoms with van der Waals surface area (Å²) in [7, 11) is 0. The van der Waals surface area contributed by atoms with E-state index in [4.69, 9.17) is 14.2 Å². The highest BCUT2D eigenvalue weighted by Gasteiger charge is 2.18. The molecule has 0 radical (unpaired) electrons. The number of hydrogen-bond donors (Lipinski definition) is 1. The first-order valence-electron chi connectivity index (χ1n) is 11.3.